The molecule has 1 nitrogen and oxygen atoms in total. The number of allylic oxidation sites excluding steroid dienone is 5. The Bertz CT molecular complexity index is 339. The van der Waals surface area contributed by atoms with Gasteiger partial charge in [0.2, 0.25) is 0 Å². The van der Waals surface area contributed by atoms with Gasteiger partial charge in [-0.3, -0.25) is 4.79 Å². The van der Waals surface area contributed by atoms with E-state index in [2.05, 4.69) is 12.2 Å². The molecule has 0 aromatic rings. The second-order valence-corrected chi connectivity index (χ2v) is 4.48. The van der Waals surface area contributed by atoms with Crippen molar-refractivity contribution in [3.05, 3.63) is 33.6 Å². The van der Waals surface area contributed by atoms with E-state index >= 15 is 0 Å². The average molecular weight is 213 g/mol. The van der Waals surface area contributed by atoms with Gasteiger partial charge in [-0.15, -0.1) is 0 Å². The molecule has 3 heteroatoms. The number of thioether (sulfide) groups is 1. The van der Waals surface area contributed by atoms with E-state index in [1.165, 1.54) is 22.2 Å². The third-order valence-corrected chi connectivity index (χ3v) is 3.71. The van der Waals surface area contributed by atoms with Crippen molar-refractivity contribution in [1.29, 1.82) is 0 Å². The first-order valence-electron chi connectivity index (χ1n) is 4.24. The van der Waals surface area contributed by atoms with Gasteiger partial charge >= 0.3 is 0 Å². The second kappa shape index (κ2) is 3.72. The summed E-state index contributed by atoms with van der Waals surface area (Å²) >= 11 is 6.91. The molecule has 1 aliphatic carbocycles. The van der Waals surface area contributed by atoms with Crippen LogP contribution in [0.25, 0.3) is 0 Å². The summed E-state index contributed by atoms with van der Waals surface area (Å²) in [5.74, 6) is 0. The Hall–Kier alpha value is -0.470. The number of hydrogen-bond donors (Lipinski definition) is 0. The lowest BCUT2D eigenvalue weighted by atomic mass is 10.0. The standard InChI is InChI=1S/C10H9ClOS/c11-10(12)9-6-5-7-3-1-2-4-8(7)13-9/h2,4,6H,1,3,5H2. The van der Waals surface area contributed by atoms with Crippen LogP contribution in [0.15, 0.2) is 33.6 Å². The first-order chi connectivity index (χ1) is 6.27. The summed E-state index contributed by atoms with van der Waals surface area (Å²) in [6.07, 6.45) is 9.30. The van der Waals surface area contributed by atoms with Gasteiger partial charge in [-0.1, -0.05) is 35.6 Å². The van der Waals surface area contributed by atoms with Gasteiger partial charge in [0, 0.05) is 4.91 Å². The zero-order chi connectivity index (χ0) is 9.26. The van der Waals surface area contributed by atoms with E-state index in [1.807, 2.05) is 6.08 Å². The number of halogens is 1. The molecule has 1 aliphatic heterocycles. The second-order valence-electron chi connectivity index (χ2n) is 3.06. The molecule has 2 aliphatic rings. The van der Waals surface area contributed by atoms with Gasteiger partial charge in [0.05, 0.1) is 4.91 Å². The highest BCUT2D eigenvalue weighted by atomic mass is 35.5. The summed E-state index contributed by atoms with van der Waals surface area (Å²) < 4.78 is 0. The third-order valence-electron chi connectivity index (χ3n) is 2.18. The molecular weight excluding hydrogens is 204 g/mol. The van der Waals surface area contributed by atoms with Gasteiger partial charge in [0.25, 0.3) is 5.24 Å². The predicted molar refractivity (Wildman–Crippen MR) is 56.6 cm³/mol. The fourth-order valence-corrected chi connectivity index (χ4v) is 2.66. The molecular formula is C10H9ClOS. The van der Waals surface area contributed by atoms with Crippen LogP contribution in [0.4, 0.5) is 0 Å². The number of hydrogen-bond acceptors (Lipinski definition) is 2. The van der Waals surface area contributed by atoms with E-state index in [0.29, 0.717) is 4.91 Å². The molecule has 0 aromatic heterocycles. The lowest BCUT2D eigenvalue weighted by Crippen LogP contribution is -2.00. The smallest absolute Gasteiger partial charge is 0.258 e. The maximum Gasteiger partial charge on any atom is 0.258 e. The van der Waals surface area contributed by atoms with Crippen LogP contribution in [-0.2, 0) is 4.79 Å². The summed E-state index contributed by atoms with van der Waals surface area (Å²) in [5, 5.41) is -0.337. The molecule has 13 heavy (non-hydrogen) atoms. The van der Waals surface area contributed by atoms with Gasteiger partial charge in [-0.2, -0.15) is 0 Å². The molecule has 0 spiro atoms. The number of rotatable bonds is 1. The third kappa shape index (κ3) is 1.89. The van der Waals surface area contributed by atoms with E-state index in [-0.39, 0.29) is 5.24 Å². The van der Waals surface area contributed by atoms with E-state index in [4.69, 9.17) is 11.6 Å². The molecule has 2 rings (SSSR count). The number of carbonyl (C=O) groups excluding carboxylic acids is 1. The lowest BCUT2D eigenvalue weighted by molar-refractivity contribution is -0.107. The van der Waals surface area contributed by atoms with Crippen molar-refractivity contribution in [2.45, 2.75) is 19.3 Å². The zero-order valence-electron chi connectivity index (χ0n) is 7.05. The van der Waals surface area contributed by atoms with Crippen LogP contribution < -0.4 is 0 Å². The van der Waals surface area contributed by atoms with Crippen LogP contribution in [0.2, 0.25) is 0 Å². The first kappa shape index (κ1) is 9.10. The van der Waals surface area contributed by atoms with E-state index < -0.39 is 0 Å². The maximum absolute atomic E-state index is 10.9. The summed E-state index contributed by atoms with van der Waals surface area (Å²) in [5.41, 5.74) is 1.44. The van der Waals surface area contributed by atoms with Crippen molar-refractivity contribution in [3.8, 4) is 0 Å². The molecule has 0 amide bonds. The minimum atomic E-state index is -0.337. The Kier molecular flexibility index (Phi) is 2.61. The molecule has 0 saturated carbocycles. The van der Waals surface area contributed by atoms with Gasteiger partial charge in [-0.05, 0) is 30.9 Å². The Morgan fingerprint density at radius 1 is 1.54 bits per heavy atom. The van der Waals surface area contributed by atoms with Crippen LogP contribution in [0, 0.1) is 0 Å². The van der Waals surface area contributed by atoms with Gasteiger partial charge < -0.3 is 0 Å². The largest absolute Gasteiger partial charge is 0.275 e. The van der Waals surface area contributed by atoms with Crippen molar-refractivity contribution < 1.29 is 4.79 Å². The Morgan fingerprint density at radius 3 is 3.15 bits per heavy atom. The van der Waals surface area contributed by atoms with Crippen molar-refractivity contribution >= 4 is 28.6 Å². The van der Waals surface area contributed by atoms with E-state index in [9.17, 15) is 4.79 Å². The molecule has 0 unspecified atom stereocenters. The number of carbonyl (C=O) groups is 1. The maximum atomic E-state index is 10.9. The molecule has 0 saturated heterocycles. The fourth-order valence-electron chi connectivity index (χ4n) is 1.49. The SMILES string of the molecule is O=C(Cl)C1=CCC2=C(C=CCC2)S1. The molecule has 68 valence electrons. The normalized spacial score (nSPS) is 21.2. The van der Waals surface area contributed by atoms with Crippen LogP contribution in [0.1, 0.15) is 19.3 Å². The molecule has 0 bridgehead atoms. The van der Waals surface area contributed by atoms with Gasteiger partial charge in [0.1, 0.15) is 0 Å². The highest BCUT2D eigenvalue weighted by Crippen LogP contribution is 2.39. The monoisotopic (exact) mass is 212 g/mol. The molecule has 0 aromatic carbocycles. The lowest BCUT2D eigenvalue weighted by Gasteiger charge is -2.18. The van der Waals surface area contributed by atoms with Crippen molar-refractivity contribution in [3.63, 3.8) is 0 Å². The van der Waals surface area contributed by atoms with Gasteiger partial charge in [-0.25, -0.2) is 0 Å². The Balaban J connectivity index is 2.19. The van der Waals surface area contributed by atoms with Crippen LogP contribution in [0.3, 0.4) is 0 Å². The van der Waals surface area contributed by atoms with Crippen LogP contribution in [-0.4, -0.2) is 5.24 Å². The van der Waals surface area contributed by atoms with Crippen molar-refractivity contribution in [2.24, 2.45) is 0 Å². The van der Waals surface area contributed by atoms with Crippen LogP contribution >= 0.6 is 23.4 Å². The average Bonchev–Trinajstić information content (AvgIpc) is 2.17. The topological polar surface area (TPSA) is 17.1 Å². The first-order valence-corrected chi connectivity index (χ1v) is 5.43. The van der Waals surface area contributed by atoms with Crippen LogP contribution in [0.5, 0.6) is 0 Å². The molecule has 0 N–H and O–H groups in total. The molecule has 1 heterocycles. The Morgan fingerprint density at radius 2 is 2.38 bits per heavy atom. The van der Waals surface area contributed by atoms with E-state index in [1.54, 1.807) is 0 Å². The van der Waals surface area contributed by atoms with E-state index in [0.717, 1.165) is 19.3 Å². The zero-order valence-corrected chi connectivity index (χ0v) is 8.62. The van der Waals surface area contributed by atoms with Gasteiger partial charge in [0.15, 0.2) is 0 Å². The Labute approximate surface area is 86.5 Å². The predicted octanol–water partition coefficient (Wildman–Crippen LogP) is 3.38. The molecule has 0 radical (unpaired) electrons. The molecule has 0 fully saturated rings. The fraction of sp³-hybridized carbons (Fsp3) is 0.300. The van der Waals surface area contributed by atoms with Crippen molar-refractivity contribution in [1.82, 2.24) is 0 Å². The highest BCUT2D eigenvalue weighted by Gasteiger charge is 2.18. The highest BCUT2D eigenvalue weighted by molar-refractivity contribution is 8.08. The summed E-state index contributed by atoms with van der Waals surface area (Å²) in [7, 11) is 0. The summed E-state index contributed by atoms with van der Waals surface area (Å²) in [6.45, 7) is 0. The van der Waals surface area contributed by atoms with Crippen molar-refractivity contribution in [2.75, 3.05) is 0 Å². The minimum Gasteiger partial charge on any atom is -0.275 e. The quantitative estimate of drug-likeness (QED) is 0.620. The summed E-state index contributed by atoms with van der Waals surface area (Å²) in [6, 6.07) is 0. The summed E-state index contributed by atoms with van der Waals surface area (Å²) in [4.78, 5) is 12.8. The minimum absolute atomic E-state index is 0.337. The molecule has 0 atom stereocenters.